The van der Waals surface area contributed by atoms with Crippen LogP contribution in [0.2, 0.25) is 0 Å². The third-order valence-electron chi connectivity index (χ3n) is 3.21. The Morgan fingerprint density at radius 3 is 2.55 bits per heavy atom. The van der Waals surface area contributed by atoms with Crippen LogP contribution in [-0.2, 0) is 0 Å². The van der Waals surface area contributed by atoms with E-state index in [0.29, 0.717) is 6.04 Å². The molecule has 0 saturated heterocycles. The standard InChI is InChI=1S/C16H17N3S/c1-12-4-9-16(20-12)13(2)18-14-5-7-15(8-6-14)19-11-3-10-17-19/h3-11,13,18H,1-2H3. The first-order valence-electron chi connectivity index (χ1n) is 6.65. The van der Waals surface area contributed by atoms with Gasteiger partial charge in [0.1, 0.15) is 0 Å². The number of hydrogen-bond donors (Lipinski definition) is 1. The summed E-state index contributed by atoms with van der Waals surface area (Å²) in [5.41, 5.74) is 2.19. The number of benzene rings is 1. The highest BCUT2D eigenvalue weighted by molar-refractivity contribution is 7.12. The molecule has 102 valence electrons. The molecule has 1 aromatic carbocycles. The van der Waals surface area contributed by atoms with Crippen molar-refractivity contribution in [2.75, 3.05) is 5.32 Å². The van der Waals surface area contributed by atoms with E-state index in [0.717, 1.165) is 11.4 Å². The van der Waals surface area contributed by atoms with Gasteiger partial charge in [-0.05, 0) is 56.3 Å². The second kappa shape index (κ2) is 5.51. The highest BCUT2D eigenvalue weighted by Crippen LogP contribution is 2.26. The molecule has 0 amide bonds. The number of nitrogens with one attached hydrogen (secondary N) is 1. The lowest BCUT2D eigenvalue weighted by Gasteiger charge is -2.14. The van der Waals surface area contributed by atoms with Gasteiger partial charge < -0.3 is 5.32 Å². The Hall–Kier alpha value is -2.07. The zero-order valence-corrected chi connectivity index (χ0v) is 12.4. The summed E-state index contributed by atoms with van der Waals surface area (Å²) in [4.78, 5) is 2.71. The summed E-state index contributed by atoms with van der Waals surface area (Å²) < 4.78 is 1.86. The van der Waals surface area contributed by atoms with E-state index in [2.05, 4.69) is 60.7 Å². The fraction of sp³-hybridized carbons (Fsp3) is 0.188. The third-order valence-corrected chi connectivity index (χ3v) is 4.39. The van der Waals surface area contributed by atoms with Gasteiger partial charge in [-0.1, -0.05) is 0 Å². The molecule has 0 fully saturated rings. The summed E-state index contributed by atoms with van der Waals surface area (Å²) in [5, 5.41) is 7.75. The maximum Gasteiger partial charge on any atom is 0.0647 e. The van der Waals surface area contributed by atoms with Crippen LogP contribution < -0.4 is 5.32 Å². The van der Waals surface area contributed by atoms with Crippen molar-refractivity contribution in [3.63, 3.8) is 0 Å². The number of aryl methyl sites for hydroxylation is 1. The molecule has 0 aliphatic carbocycles. The molecule has 1 N–H and O–H groups in total. The number of aromatic nitrogens is 2. The molecule has 3 rings (SSSR count). The summed E-state index contributed by atoms with van der Waals surface area (Å²) in [5.74, 6) is 0. The van der Waals surface area contributed by atoms with Gasteiger partial charge in [-0.3, -0.25) is 0 Å². The quantitative estimate of drug-likeness (QED) is 0.768. The molecule has 3 nitrogen and oxygen atoms in total. The van der Waals surface area contributed by atoms with E-state index >= 15 is 0 Å². The predicted octanol–water partition coefficient (Wildman–Crippen LogP) is 4.42. The largest absolute Gasteiger partial charge is 0.378 e. The maximum absolute atomic E-state index is 4.23. The number of nitrogens with zero attached hydrogens (tertiary/aromatic N) is 2. The van der Waals surface area contributed by atoms with Crippen molar-refractivity contribution in [3.05, 3.63) is 64.6 Å². The Bertz CT molecular complexity index is 668. The zero-order chi connectivity index (χ0) is 13.9. The molecule has 0 saturated carbocycles. The van der Waals surface area contributed by atoms with Crippen LogP contribution in [0.15, 0.2) is 54.9 Å². The lowest BCUT2D eigenvalue weighted by Crippen LogP contribution is -2.04. The molecule has 0 aliphatic rings. The van der Waals surface area contributed by atoms with Gasteiger partial charge in [-0.15, -0.1) is 11.3 Å². The van der Waals surface area contributed by atoms with Crippen LogP contribution in [0.5, 0.6) is 0 Å². The van der Waals surface area contributed by atoms with Crippen LogP contribution in [0.3, 0.4) is 0 Å². The minimum absolute atomic E-state index is 0.323. The summed E-state index contributed by atoms with van der Waals surface area (Å²) in [6.07, 6.45) is 3.73. The van der Waals surface area contributed by atoms with Crippen LogP contribution in [0.25, 0.3) is 5.69 Å². The molecule has 4 heteroatoms. The van der Waals surface area contributed by atoms with Crippen LogP contribution in [-0.4, -0.2) is 9.78 Å². The summed E-state index contributed by atoms with van der Waals surface area (Å²) >= 11 is 1.84. The Kier molecular flexibility index (Phi) is 3.56. The maximum atomic E-state index is 4.23. The van der Waals surface area contributed by atoms with Crippen LogP contribution >= 0.6 is 11.3 Å². The van der Waals surface area contributed by atoms with Gasteiger partial charge in [-0.25, -0.2) is 4.68 Å². The Morgan fingerprint density at radius 2 is 1.95 bits per heavy atom. The first kappa shape index (κ1) is 12.9. The number of thiophene rings is 1. The molecule has 0 bridgehead atoms. The molecule has 0 aliphatic heterocycles. The van der Waals surface area contributed by atoms with Crippen molar-refractivity contribution in [1.29, 1.82) is 0 Å². The molecular weight excluding hydrogens is 266 g/mol. The van der Waals surface area contributed by atoms with E-state index in [9.17, 15) is 0 Å². The monoisotopic (exact) mass is 283 g/mol. The topological polar surface area (TPSA) is 29.9 Å². The first-order valence-corrected chi connectivity index (χ1v) is 7.47. The van der Waals surface area contributed by atoms with E-state index in [1.54, 1.807) is 6.20 Å². The normalized spacial score (nSPS) is 12.3. The average molecular weight is 283 g/mol. The Morgan fingerprint density at radius 1 is 1.15 bits per heavy atom. The Labute approximate surface area is 122 Å². The second-order valence-corrected chi connectivity index (χ2v) is 6.13. The van der Waals surface area contributed by atoms with E-state index in [1.807, 2.05) is 28.3 Å². The molecule has 2 aromatic heterocycles. The first-order chi connectivity index (χ1) is 9.72. The van der Waals surface area contributed by atoms with Gasteiger partial charge in [0.15, 0.2) is 0 Å². The van der Waals surface area contributed by atoms with Crippen LogP contribution in [0.4, 0.5) is 5.69 Å². The van der Waals surface area contributed by atoms with Crippen molar-refractivity contribution in [2.45, 2.75) is 19.9 Å². The molecule has 1 atom stereocenters. The van der Waals surface area contributed by atoms with Gasteiger partial charge in [0, 0.05) is 27.8 Å². The van der Waals surface area contributed by atoms with E-state index in [-0.39, 0.29) is 0 Å². The number of anilines is 1. The fourth-order valence-corrected chi connectivity index (χ4v) is 3.02. The van der Waals surface area contributed by atoms with Crippen molar-refractivity contribution in [2.24, 2.45) is 0 Å². The van der Waals surface area contributed by atoms with Gasteiger partial charge in [0.2, 0.25) is 0 Å². The van der Waals surface area contributed by atoms with Crippen molar-refractivity contribution in [1.82, 2.24) is 9.78 Å². The van der Waals surface area contributed by atoms with Gasteiger partial charge in [-0.2, -0.15) is 5.10 Å². The Balaban J connectivity index is 1.72. The molecule has 0 spiro atoms. The zero-order valence-electron chi connectivity index (χ0n) is 11.6. The summed E-state index contributed by atoms with van der Waals surface area (Å²) in [7, 11) is 0. The highest BCUT2D eigenvalue weighted by atomic mass is 32.1. The smallest absolute Gasteiger partial charge is 0.0647 e. The highest BCUT2D eigenvalue weighted by Gasteiger charge is 2.07. The fourth-order valence-electron chi connectivity index (χ4n) is 2.14. The average Bonchev–Trinajstić information content (AvgIpc) is 3.10. The van der Waals surface area contributed by atoms with Gasteiger partial charge in [0.05, 0.1) is 11.7 Å². The summed E-state index contributed by atoms with van der Waals surface area (Å²) in [6.45, 7) is 4.33. The van der Waals surface area contributed by atoms with Crippen LogP contribution in [0, 0.1) is 6.92 Å². The summed E-state index contributed by atoms with van der Waals surface area (Å²) in [6, 6.07) is 14.9. The lowest BCUT2D eigenvalue weighted by molar-refractivity contribution is 0.878. The molecule has 0 radical (unpaired) electrons. The van der Waals surface area contributed by atoms with Gasteiger partial charge in [0.25, 0.3) is 0 Å². The number of rotatable bonds is 4. The predicted molar refractivity (Wildman–Crippen MR) is 84.7 cm³/mol. The van der Waals surface area contributed by atoms with Crippen molar-refractivity contribution < 1.29 is 0 Å². The van der Waals surface area contributed by atoms with E-state index in [1.165, 1.54) is 9.75 Å². The molecular formula is C16H17N3S. The SMILES string of the molecule is Cc1ccc(C(C)Nc2ccc(-n3cccn3)cc2)s1. The molecule has 20 heavy (non-hydrogen) atoms. The minimum Gasteiger partial charge on any atom is -0.378 e. The molecule has 3 aromatic rings. The second-order valence-electron chi connectivity index (χ2n) is 4.81. The van der Waals surface area contributed by atoms with Crippen molar-refractivity contribution in [3.8, 4) is 5.69 Å². The van der Waals surface area contributed by atoms with E-state index < -0.39 is 0 Å². The minimum atomic E-state index is 0.323. The molecule has 2 heterocycles. The van der Waals surface area contributed by atoms with Crippen LogP contribution in [0.1, 0.15) is 22.7 Å². The van der Waals surface area contributed by atoms with Gasteiger partial charge >= 0.3 is 0 Å². The van der Waals surface area contributed by atoms with Crippen molar-refractivity contribution >= 4 is 17.0 Å². The lowest BCUT2D eigenvalue weighted by atomic mass is 10.2. The number of hydrogen-bond acceptors (Lipinski definition) is 3. The molecule has 1 unspecified atom stereocenters. The third kappa shape index (κ3) is 2.75. The van der Waals surface area contributed by atoms with E-state index in [4.69, 9.17) is 0 Å².